The minimum atomic E-state index is -0.592. The molecule has 0 aliphatic carbocycles. The van der Waals surface area contributed by atoms with Crippen molar-refractivity contribution in [1.82, 2.24) is 5.32 Å². The molecule has 0 aromatic heterocycles. The van der Waals surface area contributed by atoms with E-state index in [1.807, 2.05) is 27.7 Å². The van der Waals surface area contributed by atoms with Gasteiger partial charge in [-0.25, -0.2) is 0 Å². The van der Waals surface area contributed by atoms with Crippen LogP contribution < -0.4 is 5.32 Å². The third-order valence-corrected chi connectivity index (χ3v) is 2.80. The molecule has 0 radical (unpaired) electrons. The van der Waals surface area contributed by atoms with Gasteiger partial charge < -0.3 is 15.5 Å². The number of hydrogen-bond donors (Lipinski definition) is 3. The molecular formula is C11H25NO2. The van der Waals surface area contributed by atoms with E-state index in [0.29, 0.717) is 6.54 Å². The van der Waals surface area contributed by atoms with Gasteiger partial charge in [-0.1, -0.05) is 27.7 Å². The fourth-order valence-electron chi connectivity index (χ4n) is 1.19. The van der Waals surface area contributed by atoms with Crippen LogP contribution in [0.15, 0.2) is 0 Å². The summed E-state index contributed by atoms with van der Waals surface area (Å²) in [6.45, 7) is 9.46. The van der Waals surface area contributed by atoms with Crippen molar-refractivity contribution in [3.05, 3.63) is 0 Å². The second-order valence-corrected chi connectivity index (χ2v) is 4.86. The van der Waals surface area contributed by atoms with Crippen molar-refractivity contribution in [3.8, 4) is 0 Å². The number of aliphatic hydroxyl groups is 2. The van der Waals surface area contributed by atoms with Crippen molar-refractivity contribution < 1.29 is 10.2 Å². The van der Waals surface area contributed by atoms with Crippen LogP contribution in [0, 0.1) is 5.41 Å². The monoisotopic (exact) mass is 203 g/mol. The van der Waals surface area contributed by atoms with Gasteiger partial charge in [0, 0.05) is 25.1 Å². The third kappa shape index (κ3) is 4.94. The summed E-state index contributed by atoms with van der Waals surface area (Å²) in [4.78, 5) is 0. The molecule has 86 valence electrons. The van der Waals surface area contributed by atoms with Crippen molar-refractivity contribution in [2.75, 3.05) is 19.7 Å². The predicted molar refractivity (Wildman–Crippen MR) is 59.3 cm³/mol. The second kappa shape index (κ2) is 5.69. The summed E-state index contributed by atoms with van der Waals surface area (Å²) in [5, 5.41) is 22.2. The highest BCUT2D eigenvalue weighted by Gasteiger charge is 2.23. The molecule has 0 spiro atoms. The van der Waals surface area contributed by atoms with Gasteiger partial charge in [-0.3, -0.25) is 0 Å². The van der Waals surface area contributed by atoms with E-state index in [0.717, 1.165) is 19.4 Å². The first-order valence-corrected chi connectivity index (χ1v) is 5.43. The average Bonchev–Trinajstić information content (AvgIpc) is 2.17. The Bertz CT molecular complexity index is 153. The first-order chi connectivity index (χ1) is 6.39. The molecule has 0 aromatic carbocycles. The van der Waals surface area contributed by atoms with E-state index in [9.17, 15) is 5.11 Å². The molecule has 3 N–H and O–H groups in total. The molecule has 0 fully saturated rings. The van der Waals surface area contributed by atoms with Crippen LogP contribution in [0.25, 0.3) is 0 Å². The van der Waals surface area contributed by atoms with Crippen LogP contribution in [-0.2, 0) is 0 Å². The van der Waals surface area contributed by atoms with Crippen LogP contribution in [0.2, 0.25) is 0 Å². The Balaban J connectivity index is 3.83. The first-order valence-electron chi connectivity index (χ1n) is 5.43. The van der Waals surface area contributed by atoms with Gasteiger partial charge in [-0.05, 0) is 12.8 Å². The lowest BCUT2D eigenvalue weighted by Crippen LogP contribution is -2.43. The zero-order valence-corrected chi connectivity index (χ0v) is 9.93. The average molecular weight is 203 g/mol. The maximum absolute atomic E-state index is 9.97. The Labute approximate surface area is 87.5 Å². The summed E-state index contributed by atoms with van der Waals surface area (Å²) in [7, 11) is 0. The van der Waals surface area contributed by atoms with Gasteiger partial charge in [0.05, 0.1) is 5.60 Å². The van der Waals surface area contributed by atoms with Crippen LogP contribution in [0.3, 0.4) is 0 Å². The molecule has 0 saturated carbocycles. The van der Waals surface area contributed by atoms with Gasteiger partial charge in [0.15, 0.2) is 0 Å². The maximum Gasteiger partial charge on any atom is 0.0766 e. The third-order valence-electron chi connectivity index (χ3n) is 2.80. The molecule has 0 atom stereocenters. The molecule has 3 heteroatoms. The molecule has 0 amide bonds. The van der Waals surface area contributed by atoms with E-state index < -0.39 is 5.60 Å². The number of nitrogens with one attached hydrogen (secondary N) is 1. The van der Waals surface area contributed by atoms with E-state index in [-0.39, 0.29) is 12.0 Å². The Morgan fingerprint density at radius 1 is 1.07 bits per heavy atom. The molecular weight excluding hydrogens is 178 g/mol. The Kier molecular flexibility index (Phi) is 5.64. The molecule has 14 heavy (non-hydrogen) atoms. The lowest BCUT2D eigenvalue weighted by atomic mass is 9.93. The van der Waals surface area contributed by atoms with E-state index in [1.54, 1.807) is 0 Å². The highest BCUT2D eigenvalue weighted by atomic mass is 16.3. The molecule has 0 rings (SSSR count). The Morgan fingerprint density at radius 2 is 1.57 bits per heavy atom. The molecule has 0 aromatic rings. The van der Waals surface area contributed by atoms with Crippen LogP contribution in [0.5, 0.6) is 0 Å². The van der Waals surface area contributed by atoms with Crippen molar-refractivity contribution in [2.24, 2.45) is 5.41 Å². The lowest BCUT2D eigenvalue weighted by molar-refractivity contribution is 0.0286. The fraction of sp³-hybridized carbons (Fsp3) is 1.00. The molecule has 0 unspecified atom stereocenters. The predicted octanol–water partition coefficient (Wildman–Crippen LogP) is 1.15. The highest BCUT2D eigenvalue weighted by molar-refractivity contribution is 4.79. The zero-order chi connectivity index (χ0) is 11.2. The minimum Gasteiger partial charge on any atom is -0.396 e. The van der Waals surface area contributed by atoms with Gasteiger partial charge in [0.25, 0.3) is 0 Å². The normalized spacial score (nSPS) is 13.3. The largest absolute Gasteiger partial charge is 0.396 e. The van der Waals surface area contributed by atoms with Gasteiger partial charge in [0.2, 0.25) is 0 Å². The van der Waals surface area contributed by atoms with Crippen molar-refractivity contribution in [1.29, 1.82) is 0 Å². The summed E-state index contributed by atoms with van der Waals surface area (Å²) in [5.41, 5.74) is -0.700. The second-order valence-electron chi connectivity index (χ2n) is 4.86. The van der Waals surface area contributed by atoms with Crippen LogP contribution >= 0.6 is 0 Å². The van der Waals surface area contributed by atoms with E-state index in [1.165, 1.54) is 0 Å². The summed E-state index contributed by atoms with van der Waals surface area (Å²) in [6.07, 6.45) is 1.52. The van der Waals surface area contributed by atoms with Crippen LogP contribution in [-0.4, -0.2) is 35.5 Å². The molecule has 0 aliphatic rings. The minimum absolute atomic E-state index is 0.109. The fourth-order valence-corrected chi connectivity index (χ4v) is 1.19. The SMILES string of the molecule is CCC(O)(CC)CNCC(C)(C)CO. The summed E-state index contributed by atoms with van der Waals surface area (Å²) in [6, 6.07) is 0. The first kappa shape index (κ1) is 13.9. The smallest absolute Gasteiger partial charge is 0.0766 e. The van der Waals surface area contributed by atoms with Crippen LogP contribution in [0.1, 0.15) is 40.5 Å². The Hall–Kier alpha value is -0.120. The van der Waals surface area contributed by atoms with Crippen molar-refractivity contribution in [3.63, 3.8) is 0 Å². The van der Waals surface area contributed by atoms with Gasteiger partial charge in [-0.15, -0.1) is 0 Å². The summed E-state index contributed by atoms with van der Waals surface area (Å²) in [5.74, 6) is 0. The molecule has 0 heterocycles. The molecule has 0 aliphatic heterocycles. The number of aliphatic hydroxyl groups excluding tert-OH is 1. The summed E-state index contributed by atoms with van der Waals surface area (Å²) < 4.78 is 0. The maximum atomic E-state index is 9.97. The quantitative estimate of drug-likeness (QED) is 0.582. The number of rotatable bonds is 7. The number of hydrogen-bond acceptors (Lipinski definition) is 3. The van der Waals surface area contributed by atoms with Gasteiger partial charge in [-0.2, -0.15) is 0 Å². The standard InChI is InChI=1S/C11H25NO2/c1-5-11(14,6-2)8-12-7-10(3,4)9-13/h12-14H,5-9H2,1-4H3. The topological polar surface area (TPSA) is 52.5 Å². The van der Waals surface area contributed by atoms with E-state index in [4.69, 9.17) is 5.11 Å². The van der Waals surface area contributed by atoms with Crippen molar-refractivity contribution in [2.45, 2.75) is 46.1 Å². The van der Waals surface area contributed by atoms with Crippen molar-refractivity contribution >= 4 is 0 Å². The molecule has 0 bridgehead atoms. The summed E-state index contributed by atoms with van der Waals surface area (Å²) >= 11 is 0. The Morgan fingerprint density at radius 3 is 1.93 bits per heavy atom. The van der Waals surface area contributed by atoms with Crippen LogP contribution in [0.4, 0.5) is 0 Å². The molecule has 3 nitrogen and oxygen atoms in total. The van der Waals surface area contributed by atoms with E-state index in [2.05, 4.69) is 5.32 Å². The van der Waals surface area contributed by atoms with Gasteiger partial charge >= 0.3 is 0 Å². The van der Waals surface area contributed by atoms with E-state index >= 15 is 0 Å². The zero-order valence-electron chi connectivity index (χ0n) is 9.93. The highest BCUT2D eigenvalue weighted by Crippen LogP contribution is 2.15. The lowest BCUT2D eigenvalue weighted by Gasteiger charge is -2.29. The van der Waals surface area contributed by atoms with Gasteiger partial charge in [0.1, 0.15) is 0 Å². The molecule has 0 saturated heterocycles.